The van der Waals surface area contributed by atoms with E-state index < -0.39 is 20.8 Å². The van der Waals surface area contributed by atoms with Crippen molar-refractivity contribution < 1.29 is 31.1 Å². The molecule has 120 valence electrons. The molecule has 0 N–H and O–H groups in total. The molecule has 1 rings (SSSR count). The van der Waals surface area contributed by atoms with Crippen LogP contribution in [0.1, 0.15) is 13.8 Å². The summed E-state index contributed by atoms with van der Waals surface area (Å²) in [7, 11) is 1.51. The molecule has 0 aliphatic rings. The molecule has 0 fully saturated rings. The van der Waals surface area contributed by atoms with Gasteiger partial charge >= 0.3 is 6.36 Å². The Hall–Kier alpha value is -1.15. The SMILES string of the molecule is CC(C)(COc1ccc(OC(F)(F)F)cc1)CS(=O)(=O)Cl. The van der Waals surface area contributed by atoms with Crippen molar-refractivity contribution in [2.45, 2.75) is 20.2 Å². The minimum absolute atomic E-state index is 0.0401. The third-order valence-corrected chi connectivity index (χ3v) is 3.70. The van der Waals surface area contributed by atoms with Gasteiger partial charge < -0.3 is 9.47 Å². The van der Waals surface area contributed by atoms with Crippen LogP contribution in [0.15, 0.2) is 24.3 Å². The van der Waals surface area contributed by atoms with Gasteiger partial charge in [-0.3, -0.25) is 0 Å². The molecule has 0 saturated carbocycles. The Kier molecular flexibility index (Phi) is 5.38. The number of rotatable bonds is 6. The average molecular weight is 347 g/mol. The first-order chi connectivity index (χ1) is 9.36. The predicted octanol–water partition coefficient (Wildman–Crippen LogP) is 3.56. The first-order valence-corrected chi connectivity index (χ1v) is 8.25. The maximum absolute atomic E-state index is 12.0. The molecular formula is C12H14ClF3O4S. The molecule has 0 unspecified atom stereocenters. The fraction of sp³-hybridized carbons (Fsp3) is 0.500. The van der Waals surface area contributed by atoms with Crippen molar-refractivity contribution in [2.75, 3.05) is 12.4 Å². The molecule has 1 aromatic rings. The van der Waals surface area contributed by atoms with Gasteiger partial charge in [-0.25, -0.2) is 8.42 Å². The quantitative estimate of drug-likeness (QED) is 0.739. The van der Waals surface area contributed by atoms with E-state index in [1.54, 1.807) is 13.8 Å². The standard InChI is InChI=1S/C12H14ClF3O4S/c1-11(2,8-21(13,17)18)7-19-9-3-5-10(6-4-9)20-12(14,15)16/h3-6H,7-8H2,1-2H3. The summed E-state index contributed by atoms with van der Waals surface area (Å²) in [6.07, 6.45) is -4.75. The van der Waals surface area contributed by atoms with E-state index in [0.717, 1.165) is 12.1 Å². The second-order valence-electron chi connectivity index (χ2n) is 5.16. The summed E-state index contributed by atoms with van der Waals surface area (Å²) < 4.78 is 67.0. The molecule has 0 heterocycles. The minimum atomic E-state index is -4.75. The lowest BCUT2D eigenvalue weighted by Gasteiger charge is -2.23. The van der Waals surface area contributed by atoms with Crippen molar-refractivity contribution in [3.63, 3.8) is 0 Å². The van der Waals surface area contributed by atoms with Gasteiger partial charge in [-0.05, 0) is 24.3 Å². The summed E-state index contributed by atoms with van der Waals surface area (Å²) in [5, 5.41) is 0. The number of benzene rings is 1. The van der Waals surface area contributed by atoms with Gasteiger partial charge in [-0.1, -0.05) is 13.8 Å². The Labute approximate surface area is 125 Å². The Balaban J connectivity index is 2.60. The lowest BCUT2D eigenvalue weighted by molar-refractivity contribution is -0.274. The second-order valence-corrected chi connectivity index (χ2v) is 7.93. The first-order valence-electron chi connectivity index (χ1n) is 5.77. The van der Waals surface area contributed by atoms with Crippen LogP contribution in [0.3, 0.4) is 0 Å². The average Bonchev–Trinajstić information content (AvgIpc) is 2.23. The van der Waals surface area contributed by atoms with Gasteiger partial charge in [0.2, 0.25) is 9.05 Å². The molecule has 0 saturated heterocycles. The van der Waals surface area contributed by atoms with Gasteiger partial charge in [0.05, 0.1) is 12.4 Å². The van der Waals surface area contributed by atoms with E-state index in [4.69, 9.17) is 15.4 Å². The molecule has 0 radical (unpaired) electrons. The highest BCUT2D eigenvalue weighted by Crippen LogP contribution is 2.26. The van der Waals surface area contributed by atoms with E-state index in [0.29, 0.717) is 5.75 Å². The lowest BCUT2D eigenvalue weighted by atomic mass is 9.98. The summed E-state index contributed by atoms with van der Waals surface area (Å²) in [6, 6.07) is 4.81. The Bertz CT molecular complexity index is 567. The molecule has 0 aliphatic heterocycles. The fourth-order valence-electron chi connectivity index (χ4n) is 1.52. The van der Waals surface area contributed by atoms with Crippen LogP contribution in [0.2, 0.25) is 0 Å². The normalized spacial score (nSPS) is 13.0. The van der Waals surface area contributed by atoms with Crippen LogP contribution in [0, 0.1) is 5.41 Å². The smallest absolute Gasteiger partial charge is 0.493 e. The molecular weight excluding hydrogens is 333 g/mol. The van der Waals surface area contributed by atoms with Crippen molar-refractivity contribution in [1.82, 2.24) is 0 Å². The topological polar surface area (TPSA) is 52.6 Å². The molecule has 0 aromatic heterocycles. The minimum Gasteiger partial charge on any atom is -0.493 e. The number of hydrogen-bond acceptors (Lipinski definition) is 4. The maximum atomic E-state index is 12.0. The summed E-state index contributed by atoms with van der Waals surface area (Å²) >= 11 is 0. The van der Waals surface area contributed by atoms with Gasteiger partial charge in [0.25, 0.3) is 0 Å². The monoisotopic (exact) mass is 346 g/mol. The number of ether oxygens (including phenoxy) is 2. The van der Waals surface area contributed by atoms with Gasteiger partial charge in [0.1, 0.15) is 11.5 Å². The highest BCUT2D eigenvalue weighted by atomic mass is 35.7. The summed E-state index contributed by atoms with van der Waals surface area (Å²) in [5.74, 6) is -0.349. The maximum Gasteiger partial charge on any atom is 0.573 e. The lowest BCUT2D eigenvalue weighted by Crippen LogP contribution is -2.28. The molecule has 0 aliphatic carbocycles. The van der Waals surface area contributed by atoms with Crippen molar-refractivity contribution in [3.05, 3.63) is 24.3 Å². The Morgan fingerprint density at radius 1 is 1.10 bits per heavy atom. The highest BCUT2D eigenvalue weighted by Gasteiger charge is 2.31. The van der Waals surface area contributed by atoms with E-state index in [-0.39, 0.29) is 18.1 Å². The largest absolute Gasteiger partial charge is 0.573 e. The van der Waals surface area contributed by atoms with Gasteiger partial charge in [-0.2, -0.15) is 0 Å². The fourth-order valence-corrected chi connectivity index (χ4v) is 3.43. The van der Waals surface area contributed by atoms with Crippen molar-refractivity contribution in [3.8, 4) is 11.5 Å². The van der Waals surface area contributed by atoms with Gasteiger partial charge in [0.15, 0.2) is 0 Å². The summed E-state index contributed by atoms with van der Waals surface area (Å²) in [5.41, 5.74) is -0.734. The molecule has 0 atom stereocenters. The van der Waals surface area contributed by atoms with Crippen molar-refractivity contribution >= 4 is 19.7 Å². The molecule has 0 amide bonds. The zero-order valence-corrected chi connectivity index (χ0v) is 12.8. The van der Waals surface area contributed by atoms with E-state index in [1.807, 2.05) is 0 Å². The zero-order chi connectivity index (χ0) is 16.3. The van der Waals surface area contributed by atoms with E-state index in [9.17, 15) is 21.6 Å². The number of halogens is 4. The van der Waals surface area contributed by atoms with Gasteiger partial charge in [-0.15, -0.1) is 13.2 Å². The molecule has 4 nitrogen and oxygen atoms in total. The number of alkyl halides is 3. The summed E-state index contributed by atoms with van der Waals surface area (Å²) in [6.45, 7) is 3.33. The first kappa shape index (κ1) is 17.9. The molecule has 21 heavy (non-hydrogen) atoms. The summed E-state index contributed by atoms with van der Waals surface area (Å²) in [4.78, 5) is 0. The second kappa shape index (κ2) is 6.31. The molecule has 0 bridgehead atoms. The van der Waals surface area contributed by atoms with Gasteiger partial charge in [0, 0.05) is 16.1 Å². The molecule has 1 aromatic carbocycles. The third kappa shape index (κ3) is 8.01. The van der Waals surface area contributed by atoms with Crippen LogP contribution in [0.4, 0.5) is 13.2 Å². The highest BCUT2D eigenvalue weighted by molar-refractivity contribution is 8.13. The van der Waals surface area contributed by atoms with Crippen molar-refractivity contribution in [1.29, 1.82) is 0 Å². The van der Waals surface area contributed by atoms with Crippen LogP contribution < -0.4 is 9.47 Å². The van der Waals surface area contributed by atoms with Crippen LogP contribution in [-0.2, 0) is 9.05 Å². The van der Waals surface area contributed by atoms with Crippen molar-refractivity contribution in [2.24, 2.45) is 5.41 Å². The number of hydrogen-bond donors (Lipinski definition) is 0. The Morgan fingerprint density at radius 3 is 2.00 bits per heavy atom. The zero-order valence-electron chi connectivity index (χ0n) is 11.3. The predicted molar refractivity (Wildman–Crippen MR) is 72.0 cm³/mol. The third-order valence-electron chi connectivity index (χ3n) is 2.25. The van der Waals surface area contributed by atoms with E-state index in [2.05, 4.69) is 4.74 Å². The van der Waals surface area contributed by atoms with E-state index >= 15 is 0 Å². The van der Waals surface area contributed by atoms with Crippen LogP contribution in [0.25, 0.3) is 0 Å². The van der Waals surface area contributed by atoms with Crippen LogP contribution in [-0.4, -0.2) is 27.1 Å². The molecule has 0 spiro atoms. The molecule has 9 heteroatoms. The van der Waals surface area contributed by atoms with Crippen LogP contribution >= 0.6 is 10.7 Å². The van der Waals surface area contributed by atoms with Crippen LogP contribution in [0.5, 0.6) is 11.5 Å². The Morgan fingerprint density at radius 2 is 1.57 bits per heavy atom. The van der Waals surface area contributed by atoms with E-state index in [1.165, 1.54) is 12.1 Å².